The second kappa shape index (κ2) is 7.06. The molecule has 4 rings (SSSR count). The second-order valence-electron chi connectivity index (χ2n) is 7.17. The maximum Gasteiger partial charge on any atom is 0.272 e. The summed E-state index contributed by atoms with van der Waals surface area (Å²) in [6.07, 6.45) is 5.89. The van der Waals surface area contributed by atoms with Gasteiger partial charge in [-0.05, 0) is 12.8 Å². The molecule has 1 aromatic heterocycles. The van der Waals surface area contributed by atoms with Crippen molar-refractivity contribution in [3.63, 3.8) is 0 Å². The van der Waals surface area contributed by atoms with Crippen LogP contribution in [0, 0.1) is 0 Å². The first-order valence-electron chi connectivity index (χ1n) is 9.16. The van der Waals surface area contributed by atoms with Crippen LogP contribution in [0.4, 0.5) is 0 Å². The molecule has 1 saturated heterocycles. The summed E-state index contributed by atoms with van der Waals surface area (Å²) < 4.78 is 0. The Bertz CT molecular complexity index is 590. The molecule has 3 N–H and O–H groups in total. The zero-order valence-electron chi connectivity index (χ0n) is 14.2. The average molecular weight is 350 g/mol. The van der Waals surface area contributed by atoms with Gasteiger partial charge in [-0.3, -0.25) is 14.8 Å². The molecule has 0 unspecified atom stereocenters. The lowest BCUT2D eigenvalue weighted by atomic mass is 9.94. The Morgan fingerprint density at radius 2 is 2.08 bits per heavy atom. The van der Waals surface area contributed by atoms with Crippen molar-refractivity contribution in [3.05, 3.63) is 17.0 Å². The van der Waals surface area contributed by atoms with Gasteiger partial charge < -0.3 is 10.6 Å². The lowest BCUT2D eigenvalue weighted by Gasteiger charge is -2.43. The van der Waals surface area contributed by atoms with Crippen molar-refractivity contribution in [2.24, 2.45) is 0 Å². The molecule has 7 heteroatoms. The molecule has 0 bridgehead atoms. The molecule has 1 aromatic rings. The van der Waals surface area contributed by atoms with Crippen molar-refractivity contribution in [1.82, 2.24) is 25.7 Å². The Morgan fingerprint density at radius 1 is 1.29 bits per heavy atom. The van der Waals surface area contributed by atoms with Crippen molar-refractivity contribution >= 4 is 17.7 Å². The third-order valence-corrected chi connectivity index (χ3v) is 6.76. The lowest BCUT2D eigenvalue weighted by molar-refractivity contribution is 0.0813. The summed E-state index contributed by atoms with van der Waals surface area (Å²) in [6.45, 7) is 4.76. The van der Waals surface area contributed by atoms with Crippen LogP contribution in [0.5, 0.6) is 0 Å². The average Bonchev–Trinajstić information content (AvgIpc) is 3.28. The Kier molecular flexibility index (Phi) is 4.83. The summed E-state index contributed by atoms with van der Waals surface area (Å²) in [5, 5.41) is 13.9. The summed E-state index contributed by atoms with van der Waals surface area (Å²) in [6, 6.07) is 0. The van der Waals surface area contributed by atoms with Crippen LogP contribution >= 0.6 is 11.8 Å². The highest BCUT2D eigenvalue weighted by Gasteiger charge is 2.40. The number of aromatic nitrogens is 2. The zero-order chi connectivity index (χ0) is 16.4. The number of carbonyl (C=O) groups excluding carboxylic acids is 1. The summed E-state index contributed by atoms with van der Waals surface area (Å²) in [4.78, 5) is 15.4. The van der Waals surface area contributed by atoms with E-state index in [1.165, 1.54) is 37.2 Å². The number of rotatable bonds is 4. The molecule has 0 aromatic carbocycles. The number of hydrogen-bond acceptors (Lipinski definition) is 5. The Labute approximate surface area is 147 Å². The molecule has 3 aliphatic rings. The van der Waals surface area contributed by atoms with E-state index in [-0.39, 0.29) is 11.4 Å². The smallest absolute Gasteiger partial charge is 0.272 e. The van der Waals surface area contributed by atoms with Gasteiger partial charge in [0, 0.05) is 67.4 Å². The number of hydrogen-bond donors (Lipinski definition) is 3. The van der Waals surface area contributed by atoms with Crippen molar-refractivity contribution in [3.8, 4) is 0 Å². The number of aromatic amines is 1. The lowest BCUT2D eigenvalue weighted by Crippen LogP contribution is -2.56. The predicted octanol–water partition coefficient (Wildman–Crippen LogP) is 1.15. The fourth-order valence-corrected chi connectivity index (χ4v) is 5.32. The molecule has 132 valence electrons. The molecule has 1 aliphatic carbocycles. The Hall–Kier alpha value is -1.05. The van der Waals surface area contributed by atoms with Gasteiger partial charge in [-0.15, -0.1) is 0 Å². The second-order valence-corrected chi connectivity index (χ2v) is 8.39. The van der Waals surface area contributed by atoms with E-state index in [0.717, 1.165) is 50.4 Å². The zero-order valence-corrected chi connectivity index (χ0v) is 15.0. The molecule has 1 amide bonds. The van der Waals surface area contributed by atoms with Crippen molar-refractivity contribution in [1.29, 1.82) is 0 Å². The van der Waals surface area contributed by atoms with Gasteiger partial charge in [0.2, 0.25) is 0 Å². The molecule has 24 heavy (non-hydrogen) atoms. The summed E-state index contributed by atoms with van der Waals surface area (Å²) in [5.74, 6) is 2.41. The molecule has 2 aliphatic heterocycles. The summed E-state index contributed by atoms with van der Waals surface area (Å²) in [7, 11) is 0. The van der Waals surface area contributed by atoms with E-state index >= 15 is 0 Å². The highest BCUT2D eigenvalue weighted by molar-refractivity contribution is 7.99. The molecule has 0 atom stereocenters. The quantitative estimate of drug-likeness (QED) is 0.760. The molecule has 2 fully saturated rings. The van der Waals surface area contributed by atoms with Crippen LogP contribution in [0.3, 0.4) is 0 Å². The van der Waals surface area contributed by atoms with Crippen LogP contribution in [0.1, 0.15) is 47.4 Å². The van der Waals surface area contributed by atoms with Gasteiger partial charge in [0.25, 0.3) is 5.91 Å². The minimum atomic E-state index is -0.0196. The fraction of sp³-hybridized carbons (Fsp3) is 0.765. The molecule has 6 nitrogen and oxygen atoms in total. The van der Waals surface area contributed by atoms with Crippen LogP contribution in [0.25, 0.3) is 0 Å². The topological polar surface area (TPSA) is 73.0 Å². The predicted molar refractivity (Wildman–Crippen MR) is 96.4 cm³/mol. The van der Waals surface area contributed by atoms with E-state index in [2.05, 4.69) is 25.7 Å². The maximum absolute atomic E-state index is 12.7. The summed E-state index contributed by atoms with van der Waals surface area (Å²) >= 11 is 2.04. The third kappa shape index (κ3) is 3.09. The third-order valence-electron chi connectivity index (χ3n) is 5.82. The van der Waals surface area contributed by atoms with Crippen LogP contribution in [0.2, 0.25) is 0 Å². The number of nitrogens with zero attached hydrogens (tertiary/aromatic N) is 2. The van der Waals surface area contributed by atoms with E-state index < -0.39 is 0 Å². The van der Waals surface area contributed by atoms with Crippen LogP contribution in [0.15, 0.2) is 0 Å². The highest BCUT2D eigenvalue weighted by atomic mass is 32.2. The van der Waals surface area contributed by atoms with Gasteiger partial charge in [-0.1, -0.05) is 12.8 Å². The normalized spacial score (nSPS) is 23.8. The monoisotopic (exact) mass is 349 g/mol. The van der Waals surface area contributed by atoms with Gasteiger partial charge in [-0.25, -0.2) is 0 Å². The highest BCUT2D eigenvalue weighted by Crippen LogP contribution is 2.36. The molecule has 3 heterocycles. The largest absolute Gasteiger partial charge is 0.349 e. The standard InChI is InChI=1S/C17H27N5OS/c23-16(15-13-11-18-6-3-14(13)20-21-15)19-12-17(4-1-2-5-17)22-7-9-24-10-8-22/h18H,1-12H2,(H,19,23)(H,20,21). The minimum Gasteiger partial charge on any atom is -0.349 e. The van der Waals surface area contributed by atoms with Crippen molar-refractivity contribution < 1.29 is 4.79 Å². The number of thioether (sulfide) groups is 1. The first-order valence-corrected chi connectivity index (χ1v) is 10.3. The molecule has 0 radical (unpaired) electrons. The van der Waals surface area contributed by atoms with E-state index in [1.54, 1.807) is 0 Å². The number of nitrogens with one attached hydrogen (secondary N) is 3. The summed E-state index contributed by atoms with van der Waals surface area (Å²) in [5.41, 5.74) is 2.92. The Balaban J connectivity index is 1.44. The minimum absolute atomic E-state index is 0.0196. The van der Waals surface area contributed by atoms with Crippen LogP contribution in [-0.2, 0) is 13.0 Å². The number of amides is 1. The van der Waals surface area contributed by atoms with E-state index in [0.29, 0.717) is 5.69 Å². The molecular formula is C17H27N5OS. The SMILES string of the molecule is O=C(NCC1(N2CCSCC2)CCCC1)c1n[nH]c2c1CNCC2. The number of carbonyl (C=O) groups is 1. The number of H-pyrrole nitrogens is 1. The first-order chi connectivity index (χ1) is 11.8. The Morgan fingerprint density at radius 3 is 2.88 bits per heavy atom. The van der Waals surface area contributed by atoms with Crippen LogP contribution < -0.4 is 10.6 Å². The van der Waals surface area contributed by atoms with E-state index in [4.69, 9.17) is 0 Å². The molecule has 1 saturated carbocycles. The molecular weight excluding hydrogens is 322 g/mol. The van der Waals surface area contributed by atoms with Crippen LogP contribution in [-0.4, -0.2) is 64.2 Å². The maximum atomic E-state index is 12.7. The van der Waals surface area contributed by atoms with Gasteiger partial charge in [0.1, 0.15) is 0 Å². The van der Waals surface area contributed by atoms with Gasteiger partial charge in [-0.2, -0.15) is 16.9 Å². The van der Waals surface area contributed by atoms with Gasteiger partial charge in [0.05, 0.1) is 0 Å². The van der Waals surface area contributed by atoms with Crippen molar-refractivity contribution in [2.75, 3.05) is 37.7 Å². The number of fused-ring (bicyclic) bond motifs is 1. The fourth-order valence-electron chi connectivity index (χ4n) is 4.42. The van der Waals surface area contributed by atoms with Gasteiger partial charge in [0.15, 0.2) is 5.69 Å². The molecule has 0 spiro atoms. The van der Waals surface area contributed by atoms with Crippen molar-refractivity contribution in [2.45, 2.75) is 44.2 Å². The van der Waals surface area contributed by atoms with E-state index in [9.17, 15) is 4.79 Å². The first kappa shape index (κ1) is 16.4. The van der Waals surface area contributed by atoms with E-state index in [1.807, 2.05) is 11.8 Å². The van der Waals surface area contributed by atoms with Gasteiger partial charge >= 0.3 is 0 Å².